The normalized spacial score (nSPS) is 14.2. The van der Waals surface area contributed by atoms with E-state index >= 15 is 0 Å². The highest BCUT2D eigenvalue weighted by molar-refractivity contribution is 5.23. The summed E-state index contributed by atoms with van der Waals surface area (Å²) in [5.74, 6) is -2.57. The second-order valence-electron chi connectivity index (χ2n) is 2.95. The molecule has 1 heterocycles. The summed E-state index contributed by atoms with van der Waals surface area (Å²) in [6, 6.07) is -1.00. The number of hydrogen-bond donors (Lipinski definition) is 1. The Kier molecular flexibility index (Phi) is 2.44. The van der Waals surface area contributed by atoms with Crippen LogP contribution in [0.25, 0.3) is 0 Å². The fourth-order valence-electron chi connectivity index (χ4n) is 0.672. The van der Waals surface area contributed by atoms with Gasteiger partial charge in [0.05, 0.1) is 6.04 Å². The molecule has 13 heavy (non-hydrogen) atoms. The lowest BCUT2D eigenvalue weighted by atomic mass is 10.2. The Balaban J connectivity index is 2.65. The molecule has 0 saturated heterocycles. The van der Waals surface area contributed by atoms with Gasteiger partial charge < -0.3 is 5.32 Å². The van der Waals surface area contributed by atoms with Crippen LogP contribution < -0.4 is 5.32 Å². The van der Waals surface area contributed by atoms with Crippen LogP contribution in [-0.2, 0) is 7.05 Å². The third-order valence-electron chi connectivity index (χ3n) is 1.73. The summed E-state index contributed by atoms with van der Waals surface area (Å²) in [6.45, 7) is 2.21. The topological polar surface area (TPSA) is 55.6 Å². The molecule has 1 atom stereocenters. The molecule has 0 amide bonds. The van der Waals surface area contributed by atoms with E-state index < -0.39 is 12.0 Å². The molecule has 7 heteroatoms. The van der Waals surface area contributed by atoms with Crippen molar-refractivity contribution < 1.29 is 8.78 Å². The Labute approximate surface area is 74.1 Å². The number of tetrazole rings is 1. The van der Waals surface area contributed by atoms with Gasteiger partial charge >= 0.3 is 0 Å². The van der Waals surface area contributed by atoms with Gasteiger partial charge in [0.15, 0.2) is 0 Å². The lowest BCUT2D eigenvalue weighted by molar-refractivity contribution is 0.00668. The van der Waals surface area contributed by atoms with Crippen LogP contribution in [0.2, 0.25) is 0 Å². The first-order valence-corrected chi connectivity index (χ1v) is 3.78. The number of alkyl halides is 2. The molecule has 0 aliphatic rings. The molecule has 0 spiro atoms. The van der Waals surface area contributed by atoms with Gasteiger partial charge in [0.25, 0.3) is 5.92 Å². The first-order valence-electron chi connectivity index (χ1n) is 3.78. The molecule has 0 aliphatic heterocycles. The minimum atomic E-state index is -2.80. The number of aromatic nitrogens is 4. The maximum Gasteiger partial charge on any atom is 0.264 e. The van der Waals surface area contributed by atoms with E-state index in [2.05, 4.69) is 20.8 Å². The SMILES string of the molecule is CC(Nc1nnnn1C)C(C)(F)F. The zero-order valence-corrected chi connectivity index (χ0v) is 7.62. The monoisotopic (exact) mass is 191 g/mol. The van der Waals surface area contributed by atoms with Crippen molar-refractivity contribution >= 4 is 5.95 Å². The minimum Gasteiger partial charge on any atom is -0.345 e. The molecule has 0 aliphatic carbocycles. The fraction of sp³-hybridized carbons (Fsp3) is 0.833. The number of anilines is 1. The maximum atomic E-state index is 12.7. The van der Waals surface area contributed by atoms with Crippen molar-refractivity contribution in [1.82, 2.24) is 20.2 Å². The van der Waals surface area contributed by atoms with Crippen molar-refractivity contribution in [3.05, 3.63) is 0 Å². The van der Waals surface area contributed by atoms with Crippen LogP contribution in [0.3, 0.4) is 0 Å². The van der Waals surface area contributed by atoms with Crippen molar-refractivity contribution in [3.63, 3.8) is 0 Å². The molecule has 0 fully saturated rings. The lowest BCUT2D eigenvalue weighted by Gasteiger charge is -2.19. The Hall–Kier alpha value is -1.27. The van der Waals surface area contributed by atoms with E-state index in [0.29, 0.717) is 0 Å². The number of nitrogens with zero attached hydrogens (tertiary/aromatic N) is 4. The molecule has 1 unspecified atom stereocenters. The molecule has 0 saturated carbocycles. The van der Waals surface area contributed by atoms with Crippen molar-refractivity contribution in [1.29, 1.82) is 0 Å². The van der Waals surface area contributed by atoms with Crippen LogP contribution >= 0.6 is 0 Å². The fourth-order valence-corrected chi connectivity index (χ4v) is 0.672. The summed E-state index contributed by atoms with van der Waals surface area (Å²) in [5.41, 5.74) is 0. The average Bonchev–Trinajstić information content (AvgIpc) is 2.34. The van der Waals surface area contributed by atoms with Crippen LogP contribution in [-0.4, -0.2) is 32.2 Å². The Morgan fingerprint density at radius 3 is 2.54 bits per heavy atom. The van der Waals surface area contributed by atoms with E-state index in [1.165, 1.54) is 11.6 Å². The first kappa shape index (κ1) is 9.82. The van der Waals surface area contributed by atoms with Crippen LogP contribution in [0, 0.1) is 0 Å². The van der Waals surface area contributed by atoms with Crippen LogP contribution in [0.15, 0.2) is 0 Å². The largest absolute Gasteiger partial charge is 0.345 e. The summed E-state index contributed by atoms with van der Waals surface area (Å²) >= 11 is 0. The molecule has 5 nitrogen and oxygen atoms in total. The smallest absolute Gasteiger partial charge is 0.264 e. The number of halogens is 2. The molecule has 74 valence electrons. The third kappa shape index (κ3) is 2.33. The van der Waals surface area contributed by atoms with E-state index in [0.717, 1.165) is 6.92 Å². The van der Waals surface area contributed by atoms with Gasteiger partial charge in [-0.25, -0.2) is 13.5 Å². The van der Waals surface area contributed by atoms with Gasteiger partial charge in [0.1, 0.15) is 0 Å². The van der Waals surface area contributed by atoms with Crippen molar-refractivity contribution in [2.45, 2.75) is 25.8 Å². The van der Waals surface area contributed by atoms with Crippen LogP contribution in [0.1, 0.15) is 13.8 Å². The van der Waals surface area contributed by atoms with Crippen LogP contribution in [0.4, 0.5) is 14.7 Å². The predicted molar refractivity (Wildman–Crippen MR) is 42.5 cm³/mol. The van der Waals surface area contributed by atoms with E-state index in [1.54, 1.807) is 7.05 Å². The zero-order valence-electron chi connectivity index (χ0n) is 7.62. The van der Waals surface area contributed by atoms with Crippen LogP contribution in [0.5, 0.6) is 0 Å². The van der Waals surface area contributed by atoms with Gasteiger partial charge in [-0.15, -0.1) is 0 Å². The van der Waals surface area contributed by atoms with E-state index in [9.17, 15) is 8.78 Å². The molecule has 1 aromatic heterocycles. The van der Waals surface area contributed by atoms with Crippen molar-refractivity contribution in [2.75, 3.05) is 5.32 Å². The molecular weight excluding hydrogens is 180 g/mol. The molecule has 0 radical (unpaired) electrons. The van der Waals surface area contributed by atoms with E-state index in [1.807, 2.05) is 0 Å². The Morgan fingerprint density at radius 1 is 1.54 bits per heavy atom. The van der Waals surface area contributed by atoms with Gasteiger partial charge in [-0.2, -0.15) is 0 Å². The average molecular weight is 191 g/mol. The summed E-state index contributed by atoms with van der Waals surface area (Å²) in [5, 5.41) is 12.8. The highest BCUT2D eigenvalue weighted by atomic mass is 19.3. The Bertz CT molecular complexity index is 279. The van der Waals surface area contributed by atoms with Gasteiger partial charge in [-0.05, 0) is 17.4 Å². The summed E-state index contributed by atoms with van der Waals surface area (Å²) in [6.07, 6.45) is 0. The van der Waals surface area contributed by atoms with Crippen molar-refractivity contribution in [3.8, 4) is 0 Å². The first-order chi connectivity index (χ1) is 5.91. The second kappa shape index (κ2) is 3.23. The number of nitrogens with one attached hydrogen (secondary N) is 1. The Morgan fingerprint density at radius 2 is 2.15 bits per heavy atom. The van der Waals surface area contributed by atoms with Gasteiger partial charge in [-0.3, -0.25) is 0 Å². The number of hydrogen-bond acceptors (Lipinski definition) is 4. The second-order valence-corrected chi connectivity index (χ2v) is 2.95. The molecule has 1 aromatic rings. The van der Waals surface area contributed by atoms with Gasteiger partial charge in [-0.1, -0.05) is 5.10 Å². The minimum absolute atomic E-state index is 0.231. The molecular formula is C6H11F2N5. The third-order valence-corrected chi connectivity index (χ3v) is 1.73. The predicted octanol–water partition coefficient (Wildman–Crippen LogP) is 0.666. The van der Waals surface area contributed by atoms with Crippen molar-refractivity contribution in [2.24, 2.45) is 7.05 Å². The molecule has 1 N–H and O–H groups in total. The van der Waals surface area contributed by atoms with Gasteiger partial charge in [0, 0.05) is 14.0 Å². The lowest BCUT2D eigenvalue weighted by Crippen LogP contribution is -2.35. The summed E-state index contributed by atoms with van der Waals surface area (Å²) in [7, 11) is 1.57. The summed E-state index contributed by atoms with van der Waals surface area (Å²) < 4.78 is 26.7. The maximum absolute atomic E-state index is 12.7. The number of aryl methyl sites for hydroxylation is 1. The van der Waals surface area contributed by atoms with E-state index in [4.69, 9.17) is 0 Å². The molecule has 0 aromatic carbocycles. The number of rotatable bonds is 3. The molecule has 0 bridgehead atoms. The van der Waals surface area contributed by atoms with Gasteiger partial charge in [0.2, 0.25) is 5.95 Å². The zero-order chi connectivity index (χ0) is 10.1. The standard InChI is InChI=1S/C6H11F2N5/c1-4(6(2,7)8)9-5-10-11-12-13(5)3/h4H,1-3H3,(H,9,10,12). The van der Waals surface area contributed by atoms with E-state index in [-0.39, 0.29) is 5.95 Å². The summed E-state index contributed by atoms with van der Waals surface area (Å²) in [4.78, 5) is 0. The highest BCUT2D eigenvalue weighted by Gasteiger charge is 2.30. The molecule has 1 rings (SSSR count). The highest BCUT2D eigenvalue weighted by Crippen LogP contribution is 2.19. The quantitative estimate of drug-likeness (QED) is 0.762.